The number of halogens is 1. The first kappa shape index (κ1) is 20.6. The summed E-state index contributed by atoms with van der Waals surface area (Å²) in [4.78, 5) is 13.0. The lowest BCUT2D eigenvalue weighted by molar-refractivity contribution is -0.139. The molecule has 2 aromatic carbocycles. The average molecular weight is 423 g/mol. The van der Waals surface area contributed by atoms with Crippen molar-refractivity contribution >= 4 is 34.2 Å². The molecule has 1 aliphatic rings. The van der Waals surface area contributed by atoms with Gasteiger partial charge in [0.1, 0.15) is 5.75 Å². The number of ether oxygens (including phenoxy) is 1. The number of piperazine rings is 1. The highest BCUT2D eigenvalue weighted by Gasteiger charge is 2.29. The number of carboxylic acids is 1. The molecular formula is C20H23ClN2O4S. The third-order valence-electron chi connectivity index (χ3n) is 4.59. The van der Waals surface area contributed by atoms with Crippen LogP contribution in [0, 0.1) is 0 Å². The summed E-state index contributed by atoms with van der Waals surface area (Å²) in [6.07, 6.45) is 0. The van der Waals surface area contributed by atoms with Crippen molar-refractivity contribution in [1.82, 2.24) is 4.31 Å². The smallest absolute Gasteiger partial charge is 0.341 e. The predicted octanol–water partition coefficient (Wildman–Crippen LogP) is 3.18. The Morgan fingerprint density at radius 2 is 2.00 bits per heavy atom. The third-order valence-corrected chi connectivity index (χ3v) is 6.32. The maximum Gasteiger partial charge on any atom is 0.341 e. The zero-order valence-corrected chi connectivity index (χ0v) is 17.2. The van der Waals surface area contributed by atoms with Gasteiger partial charge in [0.05, 0.1) is 22.4 Å². The Balaban J connectivity index is 1.69. The minimum atomic E-state index is -1.10. The van der Waals surface area contributed by atoms with Crippen molar-refractivity contribution in [1.29, 1.82) is 0 Å². The maximum absolute atomic E-state index is 12.8. The van der Waals surface area contributed by atoms with Crippen molar-refractivity contribution in [2.75, 3.05) is 31.1 Å². The summed E-state index contributed by atoms with van der Waals surface area (Å²) in [5.41, 5.74) is 1.81. The lowest BCUT2D eigenvalue weighted by atomic mass is 10.1. The SMILES string of the molecule is C[C@@H]1CN(S(=O)Cc2ccccc2)CCN1c1cc(Cl)ccc1OCC(=O)O. The van der Waals surface area contributed by atoms with Crippen LogP contribution >= 0.6 is 11.6 Å². The molecule has 3 rings (SSSR count). The summed E-state index contributed by atoms with van der Waals surface area (Å²) in [7, 11) is -1.10. The highest BCUT2D eigenvalue weighted by molar-refractivity contribution is 7.81. The molecule has 1 saturated heterocycles. The highest BCUT2D eigenvalue weighted by Crippen LogP contribution is 2.34. The summed E-state index contributed by atoms with van der Waals surface area (Å²) < 4.78 is 20.2. The van der Waals surface area contributed by atoms with Gasteiger partial charge < -0.3 is 14.7 Å². The first-order valence-corrected chi connectivity index (χ1v) is 10.7. The predicted molar refractivity (Wildman–Crippen MR) is 111 cm³/mol. The van der Waals surface area contributed by atoms with Gasteiger partial charge in [0.2, 0.25) is 0 Å². The topological polar surface area (TPSA) is 70.1 Å². The second kappa shape index (κ2) is 9.41. The number of anilines is 1. The molecule has 0 aliphatic carbocycles. The molecule has 0 bridgehead atoms. The molecule has 6 nitrogen and oxygen atoms in total. The van der Waals surface area contributed by atoms with E-state index in [1.807, 2.05) is 41.6 Å². The number of nitrogens with zero attached hydrogens (tertiary/aromatic N) is 2. The standard InChI is InChI=1S/C20H23ClN2O4S/c1-15-12-22(28(26)14-16-5-3-2-4-6-16)9-10-23(15)18-11-17(21)7-8-19(18)27-13-20(24)25/h2-8,11,15H,9-10,12-14H2,1H3,(H,24,25)/t15-,28?/m1/s1. The van der Waals surface area contributed by atoms with Crippen LogP contribution in [0.2, 0.25) is 5.02 Å². The zero-order valence-electron chi connectivity index (χ0n) is 15.6. The monoisotopic (exact) mass is 422 g/mol. The van der Waals surface area contributed by atoms with Crippen molar-refractivity contribution in [3.05, 3.63) is 59.1 Å². The minimum absolute atomic E-state index is 0.0686. The number of carboxylic acid groups (broad SMARTS) is 1. The Hall–Kier alpha value is -2.09. The van der Waals surface area contributed by atoms with Gasteiger partial charge in [-0.25, -0.2) is 13.3 Å². The second-order valence-corrected chi connectivity index (χ2v) is 8.56. The van der Waals surface area contributed by atoms with Crippen LogP contribution in [-0.2, 0) is 21.5 Å². The fraction of sp³-hybridized carbons (Fsp3) is 0.350. The fourth-order valence-electron chi connectivity index (χ4n) is 3.25. The normalized spacial score (nSPS) is 18.6. The average Bonchev–Trinajstić information content (AvgIpc) is 2.67. The Kier molecular flexibility index (Phi) is 6.93. The van der Waals surface area contributed by atoms with E-state index >= 15 is 0 Å². The molecule has 1 aliphatic heterocycles. The molecule has 1 heterocycles. The molecule has 0 amide bonds. The maximum atomic E-state index is 12.8. The van der Waals surface area contributed by atoms with Gasteiger partial charge in [-0.2, -0.15) is 0 Å². The van der Waals surface area contributed by atoms with Crippen molar-refractivity contribution < 1.29 is 18.8 Å². The number of hydrogen-bond donors (Lipinski definition) is 1. The molecule has 28 heavy (non-hydrogen) atoms. The van der Waals surface area contributed by atoms with Crippen LogP contribution in [0.5, 0.6) is 5.75 Å². The molecule has 8 heteroatoms. The van der Waals surface area contributed by atoms with Crippen LogP contribution in [0.4, 0.5) is 5.69 Å². The lowest BCUT2D eigenvalue weighted by Crippen LogP contribution is -2.52. The van der Waals surface area contributed by atoms with Gasteiger partial charge in [-0.05, 0) is 30.7 Å². The van der Waals surface area contributed by atoms with E-state index in [0.29, 0.717) is 36.2 Å². The first-order valence-electron chi connectivity index (χ1n) is 9.02. The van der Waals surface area contributed by atoms with Crippen molar-refractivity contribution in [3.8, 4) is 5.75 Å². The van der Waals surface area contributed by atoms with E-state index in [0.717, 1.165) is 11.3 Å². The molecule has 0 radical (unpaired) electrons. The van der Waals surface area contributed by atoms with Gasteiger partial charge in [-0.15, -0.1) is 0 Å². The molecule has 1 fully saturated rings. The summed E-state index contributed by atoms with van der Waals surface area (Å²) in [5, 5.41) is 9.45. The molecular weight excluding hydrogens is 400 g/mol. The molecule has 2 atom stereocenters. The van der Waals surface area contributed by atoms with Crippen LogP contribution in [0.15, 0.2) is 48.5 Å². The summed E-state index contributed by atoms with van der Waals surface area (Å²) in [6, 6.07) is 15.0. The van der Waals surface area contributed by atoms with E-state index in [1.165, 1.54) is 0 Å². The van der Waals surface area contributed by atoms with E-state index in [9.17, 15) is 9.00 Å². The molecule has 150 valence electrons. The van der Waals surface area contributed by atoms with Crippen molar-refractivity contribution in [2.24, 2.45) is 0 Å². The molecule has 0 aromatic heterocycles. The number of hydrogen-bond acceptors (Lipinski definition) is 4. The quantitative estimate of drug-likeness (QED) is 0.742. The fourth-order valence-corrected chi connectivity index (χ4v) is 4.75. The second-order valence-electron chi connectivity index (χ2n) is 6.68. The van der Waals surface area contributed by atoms with Gasteiger partial charge in [0, 0.05) is 30.7 Å². The number of benzene rings is 2. The molecule has 1 unspecified atom stereocenters. The molecule has 2 aromatic rings. The van der Waals surface area contributed by atoms with Gasteiger partial charge in [0.15, 0.2) is 6.61 Å². The third kappa shape index (κ3) is 5.25. The van der Waals surface area contributed by atoms with Crippen LogP contribution in [0.3, 0.4) is 0 Å². The van der Waals surface area contributed by atoms with Crippen LogP contribution < -0.4 is 9.64 Å². The van der Waals surface area contributed by atoms with Gasteiger partial charge in [-0.1, -0.05) is 41.9 Å². The number of aliphatic carboxylic acids is 1. The summed E-state index contributed by atoms with van der Waals surface area (Å²) >= 11 is 6.16. The van der Waals surface area contributed by atoms with E-state index in [2.05, 4.69) is 4.90 Å². The molecule has 1 N–H and O–H groups in total. The van der Waals surface area contributed by atoms with Crippen molar-refractivity contribution in [2.45, 2.75) is 18.7 Å². The van der Waals surface area contributed by atoms with Gasteiger partial charge in [0.25, 0.3) is 0 Å². The zero-order chi connectivity index (χ0) is 20.1. The van der Waals surface area contributed by atoms with Gasteiger partial charge >= 0.3 is 5.97 Å². The Morgan fingerprint density at radius 1 is 1.25 bits per heavy atom. The van der Waals surface area contributed by atoms with Crippen LogP contribution in [-0.4, -0.2) is 51.9 Å². The summed E-state index contributed by atoms with van der Waals surface area (Å²) in [5.74, 6) is -0.0508. The Morgan fingerprint density at radius 3 is 2.68 bits per heavy atom. The van der Waals surface area contributed by atoms with E-state index in [1.54, 1.807) is 18.2 Å². The van der Waals surface area contributed by atoms with E-state index < -0.39 is 23.6 Å². The summed E-state index contributed by atoms with van der Waals surface area (Å²) in [6.45, 7) is 3.54. The Labute approximate surface area is 172 Å². The molecule has 0 saturated carbocycles. The number of carbonyl (C=O) groups is 1. The highest BCUT2D eigenvalue weighted by atomic mass is 35.5. The van der Waals surface area contributed by atoms with Crippen LogP contribution in [0.25, 0.3) is 0 Å². The van der Waals surface area contributed by atoms with Crippen LogP contribution in [0.1, 0.15) is 12.5 Å². The minimum Gasteiger partial charge on any atom is -0.480 e. The van der Waals surface area contributed by atoms with E-state index in [4.69, 9.17) is 21.4 Å². The van der Waals surface area contributed by atoms with Gasteiger partial charge in [-0.3, -0.25) is 0 Å². The first-order chi connectivity index (χ1) is 13.4. The largest absolute Gasteiger partial charge is 0.480 e. The number of rotatable bonds is 7. The Bertz CT molecular complexity index is 849. The van der Waals surface area contributed by atoms with E-state index in [-0.39, 0.29) is 6.04 Å². The molecule has 0 spiro atoms. The van der Waals surface area contributed by atoms with Crippen molar-refractivity contribution in [3.63, 3.8) is 0 Å². The lowest BCUT2D eigenvalue weighted by Gasteiger charge is -2.41.